The Labute approximate surface area is 147 Å². The molecule has 0 aliphatic carbocycles. The first kappa shape index (κ1) is 15.1. The zero-order valence-corrected chi connectivity index (χ0v) is 14.7. The number of anilines is 1. The van der Waals surface area contributed by atoms with Gasteiger partial charge in [-0.2, -0.15) is 0 Å². The molecule has 0 aliphatic heterocycles. The van der Waals surface area contributed by atoms with Gasteiger partial charge in [0.1, 0.15) is 0 Å². The third kappa shape index (κ3) is 2.98. The predicted octanol–water partition coefficient (Wildman–Crippen LogP) is 4.61. The number of imidazole rings is 1. The van der Waals surface area contributed by atoms with E-state index in [2.05, 4.69) is 27.0 Å². The monoisotopic (exact) mass is 353 g/mol. The van der Waals surface area contributed by atoms with Crippen LogP contribution in [-0.2, 0) is 11.2 Å². The van der Waals surface area contributed by atoms with E-state index >= 15 is 0 Å². The van der Waals surface area contributed by atoms with Gasteiger partial charge in [-0.3, -0.25) is 9.20 Å². The molecule has 0 atom stereocenters. The van der Waals surface area contributed by atoms with Crippen molar-refractivity contribution < 1.29 is 4.79 Å². The highest BCUT2D eigenvalue weighted by Crippen LogP contribution is 2.24. The minimum atomic E-state index is 0.00308. The van der Waals surface area contributed by atoms with E-state index in [1.165, 1.54) is 5.69 Å². The van der Waals surface area contributed by atoms with Crippen LogP contribution < -0.4 is 5.32 Å². The Kier molecular flexibility index (Phi) is 3.92. The van der Waals surface area contributed by atoms with E-state index in [4.69, 9.17) is 0 Å². The molecule has 0 unspecified atom stereocenters. The molecule has 0 saturated carbocycles. The van der Waals surface area contributed by atoms with Gasteiger partial charge in [-0.1, -0.05) is 18.2 Å². The lowest BCUT2D eigenvalue weighted by molar-refractivity contribution is -0.115. The Hall–Kier alpha value is -2.44. The predicted molar refractivity (Wildman–Crippen MR) is 99.9 cm³/mol. The average Bonchev–Trinajstić information content (AvgIpc) is 3.28. The van der Waals surface area contributed by atoms with Crippen LogP contribution >= 0.6 is 22.7 Å². The lowest BCUT2D eigenvalue weighted by Crippen LogP contribution is -2.13. The van der Waals surface area contributed by atoms with Crippen LogP contribution in [0, 0.1) is 6.92 Å². The molecule has 3 heterocycles. The van der Waals surface area contributed by atoms with Crippen LogP contribution in [0.4, 0.5) is 5.69 Å². The van der Waals surface area contributed by atoms with E-state index in [9.17, 15) is 4.79 Å². The molecule has 1 N–H and O–H groups in total. The van der Waals surface area contributed by atoms with Crippen molar-refractivity contribution in [3.05, 3.63) is 63.9 Å². The Morgan fingerprint density at radius 2 is 2.04 bits per heavy atom. The van der Waals surface area contributed by atoms with Crippen molar-refractivity contribution in [2.45, 2.75) is 13.3 Å². The first-order valence-corrected chi connectivity index (χ1v) is 9.31. The van der Waals surface area contributed by atoms with Gasteiger partial charge in [0.05, 0.1) is 12.1 Å². The number of rotatable bonds is 4. The van der Waals surface area contributed by atoms with E-state index in [0.29, 0.717) is 6.42 Å². The summed E-state index contributed by atoms with van der Waals surface area (Å²) in [7, 11) is 0. The molecule has 0 spiro atoms. The molecular weight excluding hydrogens is 338 g/mol. The topological polar surface area (TPSA) is 46.4 Å². The molecule has 0 saturated heterocycles. The summed E-state index contributed by atoms with van der Waals surface area (Å²) in [6.45, 7) is 2.07. The molecule has 1 amide bonds. The molecule has 6 heteroatoms. The van der Waals surface area contributed by atoms with Gasteiger partial charge in [-0.05, 0) is 30.5 Å². The smallest absolute Gasteiger partial charge is 0.229 e. The molecule has 0 fully saturated rings. The number of hydrogen-bond donors (Lipinski definition) is 1. The molecule has 0 bridgehead atoms. The van der Waals surface area contributed by atoms with Crippen LogP contribution in [0.2, 0.25) is 0 Å². The fourth-order valence-electron chi connectivity index (χ4n) is 2.53. The Bertz CT molecular complexity index is 981. The second kappa shape index (κ2) is 6.22. The Morgan fingerprint density at radius 1 is 1.21 bits per heavy atom. The number of thiazole rings is 1. The first-order chi connectivity index (χ1) is 11.7. The number of hydrogen-bond acceptors (Lipinski definition) is 4. The van der Waals surface area contributed by atoms with Crippen LogP contribution in [0.3, 0.4) is 0 Å². The maximum Gasteiger partial charge on any atom is 0.229 e. The molecule has 1 aromatic carbocycles. The van der Waals surface area contributed by atoms with Crippen LogP contribution in [0.1, 0.15) is 10.6 Å². The molecule has 0 aliphatic rings. The highest BCUT2D eigenvalue weighted by molar-refractivity contribution is 7.15. The summed E-state index contributed by atoms with van der Waals surface area (Å²) in [6, 6.07) is 11.7. The number of fused-ring (bicyclic) bond motifs is 1. The van der Waals surface area contributed by atoms with Gasteiger partial charge in [0.15, 0.2) is 4.96 Å². The summed E-state index contributed by atoms with van der Waals surface area (Å²) in [5, 5.41) is 7.01. The number of amides is 1. The van der Waals surface area contributed by atoms with Crippen LogP contribution in [0.15, 0.2) is 53.4 Å². The standard InChI is InChI=1S/C18H15N3OS2/c1-12-11-24-18-20-16(10-21(12)18)13-4-6-14(7-5-13)19-17(22)9-15-3-2-8-23-15/h2-8,10-11H,9H2,1H3,(H,19,22). The normalized spacial score (nSPS) is 11.0. The molecule has 4 nitrogen and oxygen atoms in total. The molecular formula is C18H15N3OS2. The van der Waals surface area contributed by atoms with Crippen molar-refractivity contribution in [3.8, 4) is 11.3 Å². The first-order valence-electron chi connectivity index (χ1n) is 7.55. The molecule has 4 rings (SSSR count). The molecule has 4 aromatic rings. The van der Waals surface area contributed by atoms with Crippen LogP contribution in [0.5, 0.6) is 0 Å². The largest absolute Gasteiger partial charge is 0.326 e. The summed E-state index contributed by atoms with van der Waals surface area (Å²) in [4.78, 5) is 18.7. The zero-order chi connectivity index (χ0) is 16.5. The average molecular weight is 353 g/mol. The Morgan fingerprint density at radius 3 is 2.75 bits per heavy atom. The Balaban J connectivity index is 1.48. The summed E-state index contributed by atoms with van der Waals surface area (Å²) in [5.41, 5.74) is 3.98. The van der Waals surface area contributed by atoms with Gasteiger partial charge in [0.25, 0.3) is 0 Å². The molecule has 0 radical (unpaired) electrons. The lowest BCUT2D eigenvalue weighted by atomic mass is 10.1. The van der Waals surface area contributed by atoms with Crippen molar-refractivity contribution in [3.63, 3.8) is 0 Å². The minimum Gasteiger partial charge on any atom is -0.326 e. The van der Waals surface area contributed by atoms with Gasteiger partial charge in [-0.15, -0.1) is 22.7 Å². The third-order valence-corrected chi connectivity index (χ3v) is 5.60. The van der Waals surface area contributed by atoms with Crippen molar-refractivity contribution in [1.29, 1.82) is 0 Å². The number of benzene rings is 1. The number of carbonyl (C=O) groups excluding carboxylic acids is 1. The fraction of sp³-hybridized carbons (Fsp3) is 0.111. The quantitative estimate of drug-likeness (QED) is 0.582. The van der Waals surface area contributed by atoms with E-state index < -0.39 is 0 Å². The van der Waals surface area contributed by atoms with E-state index in [-0.39, 0.29) is 5.91 Å². The summed E-state index contributed by atoms with van der Waals surface area (Å²) >= 11 is 3.23. The second-order valence-electron chi connectivity index (χ2n) is 5.54. The van der Waals surface area contributed by atoms with Crippen molar-refractivity contribution in [2.75, 3.05) is 5.32 Å². The number of nitrogens with one attached hydrogen (secondary N) is 1. The van der Waals surface area contributed by atoms with Gasteiger partial charge in [-0.25, -0.2) is 4.98 Å². The number of aromatic nitrogens is 2. The maximum absolute atomic E-state index is 12.0. The molecule has 120 valence electrons. The lowest BCUT2D eigenvalue weighted by Gasteiger charge is -2.05. The van der Waals surface area contributed by atoms with E-state index in [0.717, 1.165) is 26.8 Å². The number of thiophene rings is 1. The van der Waals surface area contributed by atoms with Crippen molar-refractivity contribution in [2.24, 2.45) is 0 Å². The highest BCUT2D eigenvalue weighted by Gasteiger charge is 2.08. The molecule has 24 heavy (non-hydrogen) atoms. The third-order valence-electron chi connectivity index (χ3n) is 3.77. The van der Waals surface area contributed by atoms with Gasteiger partial charge in [0, 0.05) is 33.4 Å². The maximum atomic E-state index is 12.0. The highest BCUT2D eigenvalue weighted by atomic mass is 32.1. The van der Waals surface area contributed by atoms with Crippen molar-refractivity contribution >= 4 is 39.2 Å². The SMILES string of the molecule is Cc1csc2nc(-c3ccc(NC(=O)Cc4cccs4)cc3)cn12. The van der Waals surface area contributed by atoms with Gasteiger partial charge >= 0.3 is 0 Å². The second-order valence-corrected chi connectivity index (χ2v) is 7.41. The van der Waals surface area contributed by atoms with Crippen LogP contribution in [0.25, 0.3) is 16.2 Å². The fourth-order valence-corrected chi connectivity index (χ4v) is 4.09. The zero-order valence-electron chi connectivity index (χ0n) is 13.0. The number of carbonyl (C=O) groups is 1. The summed E-state index contributed by atoms with van der Waals surface area (Å²) in [5.74, 6) is 0.00308. The van der Waals surface area contributed by atoms with Crippen molar-refractivity contribution in [1.82, 2.24) is 9.38 Å². The number of aryl methyl sites for hydroxylation is 1. The van der Waals surface area contributed by atoms with Gasteiger partial charge in [0.2, 0.25) is 5.91 Å². The van der Waals surface area contributed by atoms with E-state index in [1.807, 2.05) is 48.0 Å². The minimum absolute atomic E-state index is 0.00308. The van der Waals surface area contributed by atoms with E-state index in [1.54, 1.807) is 22.7 Å². The van der Waals surface area contributed by atoms with Crippen LogP contribution in [-0.4, -0.2) is 15.3 Å². The van der Waals surface area contributed by atoms with Gasteiger partial charge < -0.3 is 5.32 Å². The number of nitrogens with zero attached hydrogens (tertiary/aromatic N) is 2. The molecule has 3 aromatic heterocycles. The summed E-state index contributed by atoms with van der Waals surface area (Å²) in [6.07, 6.45) is 2.46. The summed E-state index contributed by atoms with van der Waals surface area (Å²) < 4.78 is 2.09.